The number of thioether (sulfide) groups is 1. The number of aryl methyl sites for hydroxylation is 2. The highest BCUT2D eigenvalue weighted by Gasteiger charge is 2.29. The summed E-state index contributed by atoms with van der Waals surface area (Å²) in [4.78, 5) is 29.0. The van der Waals surface area contributed by atoms with Gasteiger partial charge in [-0.15, -0.1) is 23.1 Å². The lowest BCUT2D eigenvalue weighted by Crippen LogP contribution is -2.46. The predicted molar refractivity (Wildman–Crippen MR) is 136 cm³/mol. The lowest BCUT2D eigenvalue weighted by atomic mass is 9.96. The van der Waals surface area contributed by atoms with Crippen molar-refractivity contribution in [2.75, 3.05) is 17.7 Å². The zero-order valence-corrected chi connectivity index (χ0v) is 20.5. The summed E-state index contributed by atoms with van der Waals surface area (Å²) in [6, 6.07) is 3.77. The molecule has 0 unspecified atom stereocenters. The van der Waals surface area contributed by atoms with E-state index in [4.69, 9.17) is 5.41 Å². The van der Waals surface area contributed by atoms with E-state index < -0.39 is 0 Å². The van der Waals surface area contributed by atoms with Gasteiger partial charge in [0.25, 0.3) is 5.91 Å². The van der Waals surface area contributed by atoms with E-state index in [9.17, 15) is 4.79 Å². The Bertz CT molecular complexity index is 998. The molecule has 32 heavy (non-hydrogen) atoms. The number of thiazole rings is 1. The molecule has 170 valence electrons. The Morgan fingerprint density at radius 2 is 2.28 bits per heavy atom. The molecule has 1 fully saturated rings. The Hall–Kier alpha value is -2.52. The van der Waals surface area contributed by atoms with Crippen LogP contribution in [0.2, 0.25) is 0 Å². The molecule has 1 aliphatic rings. The summed E-state index contributed by atoms with van der Waals surface area (Å²) in [5, 5.41) is 14.2. The van der Waals surface area contributed by atoms with Crippen molar-refractivity contribution in [2.24, 2.45) is 4.99 Å². The van der Waals surface area contributed by atoms with Crippen molar-refractivity contribution >= 4 is 52.9 Å². The average molecular weight is 471 g/mol. The van der Waals surface area contributed by atoms with Crippen molar-refractivity contribution in [1.29, 1.82) is 5.41 Å². The van der Waals surface area contributed by atoms with Crippen molar-refractivity contribution in [2.45, 2.75) is 52.5 Å². The van der Waals surface area contributed by atoms with Gasteiger partial charge in [0.15, 0.2) is 0 Å². The minimum Gasteiger partial charge on any atom is -0.361 e. The SMILES string of the molecule is C=N/C(=C\SCNc1ccc(C(=O)N2CCC(=N)C[C@@H]2CCC)cn1)c1sc(C)nc1C. The minimum atomic E-state index is 0.00391. The van der Waals surface area contributed by atoms with Gasteiger partial charge < -0.3 is 15.6 Å². The molecule has 0 bridgehead atoms. The molecule has 0 saturated carbocycles. The van der Waals surface area contributed by atoms with E-state index in [1.165, 1.54) is 0 Å². The van der Waals surface area contributed by atoms with Gasteiger partial charge in [-0.2, -0.15) is 0 Å². The topological polar surface area (TPSA) is 94.3 Å². The van der Waals surface area contributed by atoms with Crippen LogP contribution in [0.4, 0.5) is 5.82 Å². The van der Waals surface area contributed by atoms with Crippen LogP contribution in [0.3, 0.4) is 0 Å². The summed E-state index contributed by atoms with van der Waals surface area (Å²) < 4.78 is 0. The molecule has 2 aromatic heterocycles. The number of rotatable bonds is 9. The molecule has 1 aliphatic heterocycles. The normalized spacial score (nSPS) is 16.8. The zero-order valence-electron chi connectivity index (χ0n) is 18.9. The Balaban J connectivity index is 1.56. The first kappa shape index (κ1) is 24.1. The summed E-state index contributed by atoms with van der Waals surface area (Å²) in [6.45, 7) is 10.4. The number of amides is 1. The molecule has 1 saturated heterocycles. The van der Waals surface area contributed by atoms with Crippen LogP contribution in [-0.4, -0.2) is 51.7 Å². The second kappa shape index (κ2) is 11.4. The van der Waals surface area contributed by atoms with Crippen molar-refractivity contribution in [3.05, 3.63) is 44.9 Å². The van der Waals surface area contributed by atoms with Gasteiger partial charge in [0.05, 0.1) is 32.7 Å². The maximum atomic E-state index is 13.0. The van der Waals surface area contributed by atoms with Gasteiger partial charge in [0, 0.05) is 37.3 Å². The molecule has 2 aromatic rings. The first-order valence-corrected chi connectivity index (χ1v) is 12.6. The third-order valence-corrected chi connectivity index (χ3v) is 7.10. The molecule has 1 amide bonds. The summed E-state index contributed by atoms with van der Waals surface area (Å²) in [7, 11) is 0. The lowest BCUT2D eigenvalue weighted by Gasteiger charge is -2.36. The van der Waals surface area contributed by atoms with E-state index in [0.717, 1.165) is 39.8 Å². The van der Waals surface area contributed by atoms with E-state index >= 15 is 0 Å². The van der Waals surface area contributed by atoms with Crippen LogP contribution >= 0.6 is 23.1 Å². The lowest BCUT2D eigenvalue weighted by molar-refractivity contribution is 0.0661. The smallest absolute Gasteiger partial charge is 0.255 e. The fourth-order valence-corrected chi connectivity index (χ4v) is 5.39. The minimum absolute atomic E-state index is 0.00391. The number of hydrogen-bond donors (Lipinski definition) is 2. The molecule has 1 atom stereocenters. The van der Waals surface area contributed by atoms with Gasteiger partial charge in [0.2, 0.25) is 0 Å². The Morgan fingerprint density at radius 3 is 2.91 bits per heavy atom. The molecule has 9 heteroatoms. The van der Waals surface area contributed by atoms with Crippen LogP contribution in [0.15, 0.2) is 28.7 Å². The molecule has 0 aromatic carbocycles. The number of hydrogen-bond acceptors (Lipinski definition) is 8. The van der Waals surface area contributed by atoms with Crippen LogP contribution in [0.5, 0.6) is 0 Å². The van der Waals surface area contributed by atoms with Gasteiger partial charge in [-0.3, -0.25) is 9.79 Å². The van der Waals surface area contributed by atoms with E-state index in [1.54, 1.807) is 29.3 Å². The molecule has 3 heterocycles. The number of likely N-dealkylation sites (tertiary alicyclic amines) is 1. The van der Waals surface area contributed by atoms with Crippen LogP contribution < -0.4 is 5.32 Å². The molecule has 0 spiro atoms. The average Bonchev–Trinajstić information content (AvgIpc) is 3.12. The number of nitrogens with one attached hydrogen (secondary N) is 2. The molecule has 0 aliphatic carbocycles. The maximum Gasteiger partial charge on any atom is 0.255 e. The van der Waals surface area contributed by atoms with E-state index in [2.05, 4.69) is 33.9 Å². The quantitative estimate of drug-likeness (QED) is 0.291. The number of carbonyl (C=O) groups is 1. The predicted octanol–water partition coefficient (Wildman–Crippen LogP) is 5.38. The Morgan fingerprint density at radius 1 is 1.47 bits per heavy atom. The van der Waals surface area contributed by atoms with Crippen LogP contribution in [0.1, 0.15) is 58.5 Å². The number of carbonyl (C=O) groups excluding carboxylic acids is 1. The molecule has 3 rings (SSSR count). The third-order valence-electron chi connectivity index (χ3n) is 5.31. The fourth-order valence-electron chi connectivity index (χ4n) is 3.75. The zero-order chi connectivity index (χ0) is 23.1. The molecular weight excluding hydrogens is 440 g/mol. The van der Waals surface area contributed by atoms with E-state index in [-0.39, 0.29) is 11.9 Å². The number of aromatic nitrogens is 2. The largest absolute Gasteiger partial charge is 0.361 e. The van der Waals surface area contributed by atoms with E-state index in [0.29, 0.717) is 36.6 Å². The van der Waals surface area contributed by atoms with Gasteiger partial charge in [-0.05, 0) is 44.5 Å². The van der Waals surface area contributed by atoms with Crippen LogP contribution in [0.25, 0.3) is 5.70 Å². The molecule has 2 N–H and O–H groups in total. The van der Waals surface area contributed by atoms with Crippen molar-refractivity contribution in [1.82, 2.24) is 14.9 Å². The number of anilines is 1. The van der Waals surface area contributed by atoms with E-state index in [1.807, 2.05) is 36.3 Å². The van der Waals surface area contributed by atoms with Gasteiger partial charge >= 0.3 is 0 Å². The highest BCUT2D eigenvalue weighted by molar-refractivity contribution is 8.02. The van der Waals surface area contributed by atoms with Crippen molar-refractivity contribution < 1.29 is 4.79 Å². The monoisotopic (exact) mass is 470 g/mol. The van der Waals surface area contributed by atoms with Gasteiger partial charge in [-0.1, -0.05) is 13.3 Å². The first-order valence-electron chi connectivity index (χ1n) is 10.7. The molecule has 0 radical (unpaired) electrons. The summed E-state index contributed by atoms with van der Waals surface area (Å²) in [5.41, 5.74) is 3.12. The fraction of sp³-hybridized carbons (Fsp3) is 0.435. The second-order valence-electron chi connectivity index (χ2n) is 7.73. The molecule has 7 nitrogen and oxygen atoms in total. The number of aliphatic imine (C=N–C) groups is 1. The highest BCUT2D eigenvalue weighted by atomic mass is 32.2. The van der Waals surface area contributed by atoms with Crippen molar-refractivity contribution in [3.63, 3.8) is 0 Å². The second-order valence-corrected chi connectivity index (χ2v) is 9.79. The number of piperidine rings is 1. The van der Waals surface area contributed by atoms with Gasteiger partial charge in [0.1, 0.15) is 5.82 Å². The summed E-state index contributed by atoms with van der Waals surface area (Å²) in [5.74, 6) is 1.33. The van der Waals surface area contributed by atoms with Crippen LogP contribution in [0, 0.1) is 19.3 Å². The Kier molecular flexibility index (Phi) is 8.58. The molecular formula is C23H30N6OS2. The van der Waals surface area contributed by atoms with Crippen LogP contribution in [-0.2, 0) is 0 Å². The Labute approximate surface area is 198 Å². The summed E-state index contributed by atoms with van der Waals surface area (Å²) in [6.07, 6.45) is 4.90. The number of nitrogens with zero attached hydrogens (tertiary/aromatic N) is 4. The maximum absolute atomic E-state index is 13.0. The number of pyridine rings is 1. The van der Waals surface area contributed by atoms with Gasteiger partial charge in [-0.25, -0.2) is 9.97 Å². The summed E-state index contributed by atoms with van der Waals surface area (Å²) >= 11 is 3.18. The highest BCUT2D eigenvalue weighted by Crippen LogP contribution is 2.28. The first-order chi connectivity index (χ1) is 15.4. The van der Waals surface area contributed by atoms with Crippen molar-refractivity contribution in [3.8, 4) is 0 Å². The standard InChI is InChI=1S/C23H30N6OS2/c1-5-6-19-11-18(24)9-10-29(19)23(30)17-7-8-21(26-12-17)27-14-31-13-20(25-4)22-15(2)28-16(3)32-22/h7-8,12-13,19,24H,4-6,9-11,14H2,1-3H3,(H,26,27)/b20-13-,24-18?/t19-/m0/s1. The third kappa shape index (κ3) is 6.04.